The zero-order chi connectivity index (χ0) is 14.7. The fourth-order valence-electron chi connectivity index (χ4n) is 1.93. The van der Waals surface area contributed by atoms with Gasteiger partial charge in [-0.05, 0) is 19.1 Å². The molecule has 0 spiro atoms. The van der Waals surface area contributed by atoms with E-state index in [1.807, 2.05) is 6.92 Å². The minimum atomic E-state index is -0.309. The Morgan fingerprint density at radius 2 is 2.38 bits per heavy atom. The summed E-state index contributed by atoms with van der Waals surface area (Å²) in [5, 5.41) is 6.92. The lowest BCUT2D eigenvalue weighted by atomic mass is 10.3. The van der Waals surface area contributed by atoms with Crippen LogP contribution in [0.3, 0.4) is 0 Å². The van der Waals surface area contributed by atoms with E-state index in [1.54, 1.807) is 41.3 Å². The van der Waals surface area contributed by atoms with E-state index in [0.717, 1.165) is 5.56 Å². The maximum atomic E-state index is 12.0. The number of rotatable bonds is 5. The van der Waals surface area contributed by atoms with Gasteiger partial charge in [-0.2, -0.15) is 5.10 Å². The Labute approximate surface area is 120 Å². The zero-order valence-electron chi connectivity index (χ0n) is 11.4. The third-order valence-electron chi connectivity index (χ3n) is 2.88. The quantitative estimate of drug-likeness (QED) is 0.771. The highest BCUT2D eigenvalue weighted by Gasteiger charge is 2.13. The van der Waals surface area contributed by atoms with Crippen molar-refractivity contribution in [2.75, 3.05) is 6.61 Å². The second kappa shape index (κ2) is 5.66. The molecular weight excluding hydrogens is 272 g/mol. The van der Waals surface area contributed by atoms with E-state index in [9.17, 15) is 4.79 Å². The van der Waals surface area contributed by atoms with Gasteiger partial charge in [-0.1, -0.05) is 0 Å². The molecule has 7 heteroatoms. The number of nitrogens with zero attached hydrogens (tertiary/aromatic N) is 3. The van der Waals surface area contributed by atoms with Crippen LogP contribution in [0, 0.1) is 0 Å². The van der Waals surface area contributed by atoms with E-state index in [1.165, 1.54) is 0 Å². The van der Waals surface area contributed by atoms with Crippen molar-refractivity contribution < 1.29 is 13.9 Å². The van der Waals surface area contributed by atoms with Gasteiger partial charge in [-0.15, -0.1) is 0 Å². The fraction of sp³-hybridized carbons (Fsp3) is 0.214. The highest BCUT2D eigenvalue weighted by atomic mass is 16.6. The largest absolute Gasteiger partial charge is 0.465 e. The number of carbonyl (C=O) groups excluding carboxylic acids is 1. The monoisotopic (exact) mass is 286 g/mol. The Morgan fingerprint density at radius 1 is 1.48 bits per heavy atom. The van der Waals surface area contributed by atoms with E-state index in [2.05, 4.69) is 15.4 Å². The summed E-state index contributed by atoms with van der Waals surface area (Å²) in [7, 11) is 0. The number of nitrogens with one attached hydrogen (secondary N) is 1. The number of hydrogen-bond donors (Lipinski definition) is 1. The molecular formula is C14H14N4O3. The van der Waals surface area contributed by atoms with Crippen molar-refractivity contribution in [3.05, 3.63) is 48.1 Å². The molecule has 3 rings (SSSR count). The molecule has 0 saturated heterocycles. The number of hydrogen-bond acceptors (Lipinski definition) is 5. The molecule has 21 heavy (non-hydrogen) atoms. The van der Waals surface area contributed by atoms with Gasteiger partial charge in [0.2, 0.25) is 0 Å². The normalized spacial score (nSPS) is 10.7. The van der Waals surface area contributed by atoms with Crippen molar-refractivity contribution in [1.82, 2.24) is 19.9 Å². The molecule has 0 saturated carbocycles. The first kappa shape index (κ1) is 13.2. The Kier molecular flexibility index (Phi) is 3.55. The minimum Gasteiger partial charge on any atom is -0.465 e. The van der Waals surface area contributed by atoms with Crippen LogP contribution in [0.4, 0.5) is 0 Å². The Morgan fingerprint density at radius 3 is 3.24 bits per heavy atom. The second-order valence-electron chi connectivity index (χ2n) is 4.29. The van der Waals surface area contributed by atoms with Crippen molar-refractivity contribution in [3.8, 4) is 5.95 Å². The van der Waals surface area contributed by atoms with Crippen LogP contribution in [0.5, 0.6) is 5.95 Å². The maximum absolute atomic E-state index is 12.0. The molecule has 3 aromatic heterocycles. The summed E-state index contributed by atoms with van der Waals surface area (Å²) < 4.78 is 12.1. The molecule has 1 amide bonds. The van der Waals surface area contributed by atoms with Gasteiger partial charge >= 0.3 is 0 Å². The van der Waals surface area contributed by atoms with E-state index in [0.29, 0.717) is 24.7 Å². The third-order valence-corrected chi connectivity index (χ3v) is 2.88. The van der Waals surface area contributed by atoms with Crippen LogP contribution in [-0.2, 0) is 6.54 Å². The van der Waals surface area contributed by atoms with E-state index in [4.69, 9.17) is 9.15 Å². The third kappa shape index (κ3) is 2.71. The Balaban J connectivity index is 1.67. The number of ether oxygens (including phenoxy) is 1. The van der Waals surface area contributed by atoms with Crippen LogP contribution in [-0.4, -0.2) is 27.1 Å². The van der Waals surface area contributed by atoms with Crippen molar-refractivity contribution in [2.24, 2.45) is 0 Å². The summed E-state index contributed by atoms with van der Waals surface area (Å²) in [5.74, 6) is 0.236. The summed E-state index contributed by atoms with van der Waals surface area (Å²) in [6.07, 6.45) is 5.16. The fourth-order valence-corrected chi connectivity index (χ4v) is 1.93. The lowest BCUT2D eigenvalue weighted by Gasteiger charge is -2.01. The minimum absolute atomic E-state index is 0.211. The SMILES string of the molecule is CCOc1ccc(C(=O)NCc2cnn3cccnc23)o1. The average Bonchev–Trinajstić information content (AvgIpc) is 3.12. The molecule has 0 aliphatic heterocycles. The summed E-state index contributed by atoms with van der Waals surface area (Å²) in [5.41, 5.74) is 1.55. The Bertz CT molecular complexity index is 762. The molecule has 0 unspecified atom stereocenters. The van der Waals surface area contributed by atoms with Crippen molar-refractivity contribution >= 4 is 11.6 Å². The van der Waals surface area contributed by atoms with Crippen molar-refractivity contribution in [1.29, 1.82) is 0 Å². The van der Waals surface area contributed by atoms with Crippen molar-refractivity contribution in [2.45, 2.75) is 13.5 Å². The van der Waals surface area contributed by atoms with Crippen LogP contribution in [0.15, 0.2) is 41.2 Å². The molecule has 3 aromatic rings. The Hall–Kier alpha value is -2.83. The molecule has 0 aliphatic rings. The van der Waals surface area contributed by atoms with Gasteiger partial charge < -0.3 is 14.5 Å². The highest BCUT2D eigenvalue weighted by molar-refractivity contribution is 5.91. The van der Waals surface area contributed by atoms with Crippen LogP contribution in [0.25, 0.3) is 5.65 Å². The summed E-state index contributed by atoms with van der Waals surface area (Å²) >= 11 is 0. The molecule has 108 valence electrons. The predicted octanol–water partition coefficient (Wildman–Crippen LogP) is 1.65. The molecule has 7 nitrogen and oxygen atoms in total. The summed E-state index contributed by atoms with van der Waals surface area (Å²) in [6, 6.07) is 4.99. The first-order valence-corrected chi connectivity index (χ1v) is 6.56. The predicted molar refractivity (Wildman–Crippen MR) is 74.0 cm³/mol. The van der Waals surface area contributed by atoms with Crippen LogP contribution < -0.4 is 10.1 Å². The van der Waals surface area contributed by atoms with E-state index in [-0.39, 0.29) is 11.7 Å². The summed E-state index contributed by atoms with van der Waals surface area (Å²) in [6.45, 7) is 2.66. The lowest BCUT2D eigenvalue weighted by Crippen LogP contribution is -2.22. The zero-order valence-corrected chi connectivity index (χ0v) is 11.4. The second-order valence-corrected chi connectivity index (χ2v) is 4.29. The standard InChI is InChI=1S/C14H14N4O3/c1-2-20-12-5-4-11(21-12)14(19)16-8-10-9-17-18-7-3-6-15-13(10)18/h3-7,9H,2,8H2,1H3,(H,16,19). The maximum Gasteiger partial charge on any atom is 0.287 e. The topological polar surface area (TPSA) is 81.7 Å². The first-order valence-electron chi connectivity index (χ1n) is 6.56. The van der Waals surface area contributed by atoms with E-state index < -0.39 is 0 Å². The average molecular weight is 286 g/mol. The van der Waals surface area contributed by atoms with E-state index >= 15 is 0 Å². The van der Waals surface area contributed by atoms with Gasteiger partial charge in [-0.25, -0.2) is 9.50 Å². The number of amides is 1. The molecule has 1 N–H and O–H groups in total. The number of aromatic nitrogens is 3. The van der Waals surface area contributed by atoms with Gasteiger partial charge in [0.1, 0.15) is 0 Å². The van der Waals surface area contributed by atoms with Crippen LogP contribution in [0.1, 0.15) is 23.0 Å². The molecule has 0 bridgehead atoms. The molecule has 0 atom stereocenters. The van der Waals surface area contributed by atoms with Crippen LogP contribution in [0.2, 0.25) is 0 Å². The van der Waals surface area contributed by atoms with Gasteiger partial charge in [0.15, 0.2) is 11.4 Å². The lowest BCUT2D eigenvalue weighted by molar-refractivity contribution is 0.0915. The van der Waals surface area contributed by atoms with Gasteiger partial charge in [0, 0.05) is 30.6 Å². The number of carbonyl (C=O) groups is 1. The van der Waals surface area contributed by atoms with Gasteiger partial charge in [-0.3, -0.25) is 4.79 Å². The van der Waals surface area contributed by atoms with Gasteiger partial charge in [0.05, 0.1) is 12.8 Å². The molecule has 3 heterocycles. The summed E-state index contributed by atoms with van der Waals surface area (Å²) in [4.78, 5) is 16.2. The van der Waals surface area contributed by atoms with Gasteiger partial charge in [0.25, 0.3) is 11.9 Å². The molecule has 0 aromatic carbocycles. The smallest absolute Gasteiger partial charge is 0.287 e. The number of fused-ring (bicyclic) bond motifs is 1. The molecule has 0 aliphatic carbocycles. The van der Waals surface area contributed by atoms with Crippen molar-refractivity contribution in [3.63, 3.8) is 0 Å². The van der Waals surface area contributed by atoms with Crippen LogP contribution >= 0.6 is 0 Å². The first-order chi connectivity index (χ1) is 10.3. The molecule has 0 radical (unpaired) electrons. The molecule has 0 fully saturated rings. The number of furan rings is 1. The highest BCUT2D eigenvalue weighted by Crippen LogP contribution is 2.16.